The van der Waals surface area contributed by atoms with E-state index in [-0.39, 0.29) is 23.8 Å². The molecule has 0 spiro atoms. The summed E-state index contributed by atoms with van der Waals surface area (Å²) in [5, 5.41) is 1.92. The van der Waals surface area contributed by atoms with Crippen LogP contribution in [-0.2, 0) is 13.4 Å². The van der Waals surface area contributed by atoms with Crippen molar-refractivity contribution in [3.05, 3.63) is 65.8 Å². The van der Waals surface area contributed by atoms with Crippen LogP contribution in [0.2, 0.25) is 0 Å². The van der Waals surface area contributed by atoms with Crippen molar-refractivity contribution in [1.82, 2.24) is 0 Å². The van der Waals surface area contributed by atoms with Crippen LogP contribution in [0.3, 0.4) is 0 Å². The number of hydrogen-bond donors (Lipinski definition) is 0. The summed E-state index contributed by atoms with van der Waals surface area (Å²) < 4.78 is 50.1. The van der Waals surface area contributed by atoms with Gasteiger partial charge in [0.1, 0.15) is 19.6 Å². The molecule has 0 aliphatic rings. The summed E-state index contributed by atoms with van der Waals surface area (Å²) in [4.78, 5) is 0. The Morgan fingerprint density at radius 2 is 1.96 bits per heavy atom. The summed E-state index contributed by atoms with van der Waals surface area (Å²) in [7, 11) is 1.65. The molecular weight excluding hydrogens is 306 g/mol. The number of aromatic nitrogens is 1. The van der Waals surface area contributed by atoms with E-state index >= 15 is 0 Å². The van der Waals surface area contributed by atoms with E-state index in [0.29, 0.717) is 5.69 Å². The summed E-state index contributed by atoms with van der Waals surface area (Å²) in [5.74, 6) is -0.438. The molecule has 2 heterocycles. The topological polar surface area (TPSA) is 17.0 Å². The average Bonchev–Trinajstić information content (AvgIpc) is 3.07. The first kappa shape index (κ1) is 11.1. The van der Waals surface area contributed by atoms with Crippen LogP contribution in [0.5, 0.6) is 0 Å². The second-order valence-electron chi connectivity index (χ2n) is 6.65. The highest BCUT2D eigenvalue weighted by atomic mass is 16.3. The van der Waals surface area contributed by atoms with Crippen molar-refractivity contribution in [3.63, 3.8) is 0 Å². The first-order valence-corrected chi connectivity index (χ1v) is 8.48. The number of pyridine rings is 1. The first-order chi connectivity index (χ1) is 14.1. The molecule has 2 heteroatoms. The van der Waals surface area contributed by atoms with Crippen LogP contribution in [0.15, 0.2) is 59.1 Å². The Labute approximate surface area is 155 Å². The number of aryl methyl sites for hydroxylation is 1. The Kier molecular flexibility index (Phi) is 2.68. The molecule has 0 bridgehead atoms. The molecular formula is C23H24NO+. The van der Waals surface area contributed by atoms with Crippen LogP contribution in [0.4, 0.5) is 0 Å². The van der Waals surface area contributed by atoms with E-state index in [0.717, 1.165) is 33.1 Å². The molecule has 0 saturated heterocycles. The summed E-state index contributed by atoms with van der Waals surface area (Å²) in [5.41, 5.74) is 3.55. The lowest BCUT2D eigenvalue weighted by Crippen LogP contribution is -2.30. The second kappa shape index (κ2) is 6.03. The van der Waals surface area contributed by atoms with Gasteiger partial charge in [0.25, 0.3) is 0 Å². The molecule has 0 atom stereocenters. The first-order valence-electron chi connectivity index (χ1n) is 11.0. The van der Waals surface area contributed by atoms with Crippen molar-refractivity contribution in [1.29, 1.82) is 0 Å². The Morgan fingerprint density at radius 3 is 2.76 bits per heavy atom. The van der Waals surface area contributed by atoms with Crippen LogP contribution in [0, 0.1) is 12.8 Å². The summed E-state index contributed by atoms with van der Waals surface area (Å²) in [6.45, 7) is 5.40. The van der Waals surface area contributed by atoms with Crippen molar-refractivity contribution in [2.24, 2.45) is 13.0 Å². The van der Waals surface area contributed by atoms with Gasteiger partial charge in [-0.15, -0.1) is 0 Å². The molecule has 0 N–H and O–H groups in total. The Hall–Kier alpha value is -2.61. The van der Waals surface area contributed by atoms with Crippen LogP contribution in [0.1, 0.15) is 31.8 Å². The maximum absolute atomic E-state index is 8.85. The normalized spacial score (nSPS) is 15.2. The highest BCUT2D eigenvalue weighted by molar-refractivity contribution is 6.08. The predicted molar refractivity (Wildman–Crippen MR) is 104 cm³/mol. The largest absolute Gasteiger partial charge is 0.456 e. The molecule has 0 aliphatic carbocycles. The van der Waals surface area contributed by atoms with Crippen molar-refractivity contribution in [2.45, 2.75) is 27.1 Å². The van der Waals surface area contributed by atoms with E-state index in [2.05, 4.69) is 0 Å². The van der Waals surface area contributed by atoms with Crippen LogP contribution < -0.4 is 4.57 Å². The molecule has 2 aromatic carbocycles. The maximum atomic E-state index is 8.85. The molecule has 2 aromatic heterocycles. The van der Waals surface area contributed by atoms with Crippen molar-refractivity contribution >= 4 is 21.9 Å². The Bertz CT molecular complexity index is 1310. The Morgan fingerprint density at radius 1 is 1.16 bits per heavy atom. The number of nitrogens with zero attached hydrogens (tertiary/aromatic N) is 1. The quantitative estimate of drug-likeness (QED) is 0.446. The third-order valence-corrected chi connectivity index (χ3v) is 4.42. The number of para-hydroxylation sites is 1. The monoisotopic (exact) mass is 335 g/mol. The minimum Gasteiger partial charge on any atom is -0.456 e. The number of furan rings is 1. The zero-order valence-corrected chi connectivity index (χ0v) is 14.9. The van der Waals surface area contributed by atoms with E-state index in [9.17, 15) is 0 Å². The minimum absolute atomic E-state index is 0.0350. The molecule has 0 amide bonds. The van der Waals surface area contributed by atoms with Gasteiger partial charge < -0.3 is 4.42 Å². The van der Waals surface area contributed by atoms with Gasteiger partial charge in [0.05, 0.1) is 2.74 Å². The summed E-state index contributed by atoms with van der Waals surface area (Å²) in [6.07, 6.45) is -2.01. The molecule has 126 valence electrons. The molecule has 0 aliphatic heterocycles. The number of hydrogen-bond acceptors (Lipinski definition) is 1. The van der Waals surface area contributed by atoms with E-state index in [1.165, 1.54) is 4.57 Å². The smallest absolute Gasteiger partial charge is 0.212 e. The van der Waals surface area contributed by atoms with E-state index < -0.39 is 12.3 Å². The number of benzene rings is 2. The second-order valence-corrected chi connectivity index (χ2v) is 6.65. The van der Waals surface area contributed by atoms with Gasteiger partial charge in [-0.05, 0) is 48.5 Å². The van der Waals surface area contributed by atoms with Crippen LogP contribution >= 0.6 is 0 Å². The highest BCUT2D eigenvalue weighted by Gasteiger charge is 2.18. The number of fused-ring (bicyclic) bond motifs is 3. The standard InChI is InChI=1S/C23H24NO/c1-15(2)13-17-11-12-24(4)20(14-17)18-9-10-22-23(16(18)3)19-7-5-6-8-21(19)25-22/h5-12,14-15H,13H2,1-4H3/q+1/i11D,12D,13D2,14D. The fourth-order valence-corrected chi connectivity index (χ4v) is 3.28. The molecule has 0 fully saturated rings. The molecule has 4 aromatic rings. The van der Waals surface area contributed by atoms with E-state index in [4.69, 9.17) is 11.3 Å². The third-order valence-electron chi connectivity index (χ3n) is 4.42. The van der Waals surface area contributed by atoms with Gasteiger partial charge in [-0.25, -0.2) is 4.57 Å². The fraction of sp³-hybridized carbons (Fsp3) is 0.261. The maximum Gasteiger partial charge on any atom is 0.212 e. The summed E-state index contributed by atoms with van der Waals surface area (Å²) >= 11 is 0. The fourth-order valence-electron chi connectivity index (χ4n) is 3.28. The van der Waals surface area contributed by atoms with Gasteiger partial charge in [-0.3, -0.25) is 0 Å². The van der Waals surface area contributed by atoms with Gasteiger partial charge in [0.2, 0.25) is 5.69 Å². The molecule has 0 saturated carbocycles. The third kappa shape index (κ3) is 2.72. The lowest BCUT2D eigenvalue weighted by atomic mass is 9.96. The van der Waals surface area contributed by atoms with E-state index in [1.807, 2.05) is 43.3 Å². The zero-order chi connectivity index (χ0) is 22.0. The van der Waals surface area contributed by atoms with Gasteiger partial charge in [-0.1, -0.05) is 32.0 Å². The van der Waals surface area contributed by atoms with Crippen LogP contribution in [-0.4, -0.2) is 0 Å². The highest BCUT2D eigenvalue weighted by Crippen LogP contribution is 2.35. The summed E-state index contributed by atoms with van der Waals surface area (Å²) in [6, 6.07) is 11.2. The van der Waals surface area contributed by atoms with Gasteiger partial charge in [0, 0.05) is 31.2 Å². The van der Waals surface area contributed by atoms with Crippen molar-refractivity contribution in [3.8, 4) is 11.3 Å². The minimum atomic E-state index is -1.90. The molecule has 0 radical (unpaired) electrons. The Balaban J connectivity index is 2.11. The molecule has 4 rings (SSSR count). The molecule has 0 unspecified atom stereocenters. The van der Waals surface area contributed by atoms with Crippen molar-refractivity contribution in [2.75, 3.05) is 0 Å². The van der Waals surface area contributed by atoms with Gasteiger partial charge >= 0.3 is 0 Å². The predicted octanol–water partition coefficient (Wildman–Crippen LogP) is 5.58. The van der Waals surface area contributed by atoms with Crippen molar-refractivity contribution < 1.29 is 15.8 Å². The van der Waals surface area contributed by atoms with Crippen LogP contribution in [0.25, 0.3) is 33.2 Å². The van der Waals surface area contributed by atoms with Gasteiger partial charge in [-0.2, -0.15) is 0 Å². The average molecular weight is 335 g/mol. The molecule has 25 heavy (non-hydrogen) atoms. The lowest BCUT2D eigenvalue weighted by Gasteiger charge is -2.09. The van der Waals surface area contributed by atoms with Gasteiger partial charge in [0.15, 0.2) is 6.17 Å². The SMILES string of the molecule is [2H]c1c(C([2H])([2H])C(C)C)c([2H])c(-c2ccc3oc4ccccc4c3c2C)[n+](C)c1[2H]. The number of rotatable bonds is 3. The molecule has 2 nitrogen and oxygen atoms in total. The zero-order valence-electron chi connectivity index (χ0n) is 19.9. The van der Waals surface area contributed by atoms with E-state index in [1.54, 1.807) is 20.9 Å². The lowest BCUT2D eigenvalue weighted by molar-refractivity contribution is -0.660.